The van der Waals surface area contributed by atoms with E-state index >= 15 is 0 Å². The summed E-state index contributed by atoms with van der Waals surface area (Å²) in [6.45, 7) is 1.99. The van der Waals surface area contributed by atoms with Crippen molar-refractivity contribution in [2.45, 2.75) is 71.6 Å². The van der Waals surface area contributed by atoms with Gasteiger partial charge in [0, 0.05) is 13.1 Å². The number of carboxylic acids is 1. The van der Waals surface area contributed by atoms with Crippen molar-refractivity contribution in [1.82, 2.24) is 10.6 Å². The zero-order chi connectivity index (χ0) is 20.7. The summed E-state index contributed by atoms with van der Waals surface area (Å²) in [6, 6.07) is 5.66. The molecule has 0 atom stereocenters. The van der Waals surface area contributed by atoms with Crippen LogP contribution in [0.4, 0.5) is 0 Å². The number of hydrogen-bond donors (Lipinski definition) is 3. The summed E-state index contributed by atoms with van der Waals surface area (Å²) in [5.41, 5.74) is 1.93. The van der Waals surface area contributed by atoms with Gasteiger partial charge >= 0.3 is 5.97 Å². The lowest BCUT2D eigenvalue weighted by atomic mass is 9.62. The molecule has 0 saturated heterocycles. The molecule has 2 aliphatic rings. The standard InChI is InChI=1S/C23H33ClN2O3.CH4/c24-20-8-7-17(6-3-12-25-13-9-21(27)28)14-19(20)22(29)26-16-23-10-1-4-18(15-23)5-2-11-23;/h7-8,14,18,25H,1-6,9-13,15-16H2,(H,26,29)(H,27,28);1H4. The SMILES string of the molecule is C.O=C(O)CCNCCCc1ccc(Cl)c(C(=O)NCC23CCCC(CCC2)C3)c1. The van der Waals surface area contributed by atoms with Gasteiger partial charge in [0.15, 0.2) is 0 Å². The van der Waals surface area contributed by atoms with Crippen LogP contribution in [0.1, 0.15) is 81.1 Å². The van der Waals surface area contributed by atoms with Crippen LogP contribution >= 0.6 is 11.6 Å². The lowest BCUT2D eigenvalue weighted by Gasteiger charge is -2.45. The number of carbonyl (C=O) groups excluding carboxylic acids is 1. The fourth-order valence-corrected chi connectivity index (χ4v) is 5.28. The van der Waals surface area contributed by atoms with E-state index in [2.05, 4.69) is 10.6 Å². The maximum Gasteiger partial charge on any atom is 0.304 e. The molecule has 1 aromatic rings. The van der Waals surface area contributed by atoms with Crippen molar-refractivity contribution in [3.05, 3.63) is 34.3 Å². The Morgan fingerprint density at radius 2 is 1.90 bits per heavy atom. The van der Waals surface area contributed by atoms with Crippen LogP contribution in [-0.4, -0.2) is 36.6 Å². The van der Waals surface area contributed by atoms with Gasteiger partial charge in [0.05, 0.1) is 17.0 Å². The third kappa shape index (κ3) is 6.98. The highest BCUT2D eigenvalue weighted by Gasteiger charge is 2.39. The van der Waals surface area contributed by atoms with Crippen molar-refractivity contribution in [2.24, 2.45) is 11.3 Å². The second-order valence-electron chi connectivity index (χ2n) is 8.85. The molecule has 3 rings (SSSR count). The van der Waals surface area contributed by atoms with E-state index in [1.165, 1.54) is 44.9 Å². The van der Waals surface area contributed by atoms with Crippen LogP contribution < -0.4 is 10.6 Å². The van der Waals surface area contributed by atoms with Gasteiger partial charge in [-0.2, -0.15) is 0 Å². The zero-order valence-electron chi connectivity index (χ0n) is 17.1. The van der Waals surface area contributed by atoms with E-state index in [1.54, 1.807) is 6.07 Å². The van der Waals surface area contributed by atoms with E-state index in [0.717, 1.165) is 37.4 Å². The topological polar surface area (TPSA) is 78.4 Å². The van der Waals surface area contributed by atoms with Crippen molar-refractivity contribution < 1.29 is 14.7 Å². The number of amides is 1. The van der Waals surface area contributed by atoms with Crippen LogP contribution in [0.5, 0.6) is 0 Å². The first-order valence-electron chi connectivity index (χ1n) is 11.0. The van der Waals surface area contributed by atoms with Crippen LogP contribution in [0.15, 0.2) is 18.2 Å². The Labute approximate surface area is 186 Å². The number of carboxylic acid groups (broad SMARTS) is 1. The summed E-state index contributed by atoms with van der Waals surface area (Å²) in [5, 5.41) is 15.4. The van der Waals surface area contributed by atoms with Gasteiger partial charge in [0.25, 0.3) is 5.91 Å². The van der Waals surface area contributed by atoms with E-state index in [0.29, 0.717) is 22.5 Å². The first kappa shape index (κ1) is 24.7. The number of benzene rings is 1. The van der Waals surface area contributed by atoms with Crippen molar-refractivity contribution in [2.75, 3.05) is 19.6 Å². The maximum absolute atomic E-state index is 12.8. The Hall–Kier alpha value is -1.59. The van der Waals surface area contributed by atoms with Gasteiger partial charge in [-0.3, -0.25) is 9.59 Å². The van der Waals surface area contributed by atoms with Crippen molar-refractivity contribution in [1.29, 1.82) is 0 Å². The number of rotatable bonds is 10. The smallest absolute Gasteiger partial charge is 0.304 e. The summed E-state index contributed by atoms with van der Waals surface area (Å²) in [6.07, 6.45) is 10.8. The van der Waals surface area contributed by atoms with E-state index in [-0.39, 0.29) is 19.8 Å². The lowest BCUT2D eigenvalue weighted by Crippen LogP contribution is -2.43. The van der Waals surface area contributed by atoms with Crippen LogP contribution in [0.3, 0.4) is 0 Å². The third-order valence-electron chi connectivity index (χ3n) is 6.59. The molecule has 1 aromatic carbocycles. The number of carbonyl (C=O) groups is 2. The second-order valence-corrected chi connectivity index (χ2v) is 9.26. The van der Waals surface area contributed by atoms with Crippen LogP contribution in [0.2, 0.25) is 5.02 Å². The lowest BCUT2D eigenvalue weighted by molar-refractivity contribution is -0.136. The van der Waals surface area contributed by atoms with E-state index < -0.39 is 5.97 Å². The average molecular weight is 437 g/mol. The first-order chi connectivity index (χ1) is 14.0. The van der Waals surface area contributed by atoms with Crippen LogP contribution in [0, 0.1) is 11.3 Å². The monoisotopic (exact) mass is 436 g/mol. The highest BCUT2D eigenvalue weighted by Crippen LogP contribution is 2.48. The van der Waals surface area contributed by atoms with Gasteiger partial charge in [-0.15, -0.1) is 0 Å². The van der Waals surface area contributed by atoms with Gasteiger partial charge in [-0.25, -0.2) is 0 Å². The molecular weight excluding hydrogens is 400 g/mol. The van der Waals surface area contributed by atoms with Gasteiger partial charge in [0.1, 0.15) is 0 Å². The average Bonchev–Trinajstić information content (AvgIpc) is 2.70. The van der Waals surface area contributed by atoms with Crippen molar-refractivity contribution in [3.8, 4) is 0 Å². The molecule has 168 valence electrons. The fraction of sp³-hybridized carbons (Fsp3) is 0.667. The quantitative estimate of drug-likeness (QED) is 0.448. The molecule has 5 nitrogen and oxygen atoms in total. The molecule has 2 fully saturated rings. The number of fused-ring (bicyclic) bond motifs is 2. The Bertz CT molecular complexity index is 712. The molecule has 2 bridgehead atoms. The number of aryl methyl sites for hydroxylation is 1. The number of nitrogens with one attached hydrogen (secondary N) is 2. The molecule has 0 radical (unpaired) electrons. The molecular formula is C24H37ClN2O3. The molecule has 0 aromatic heterocycles. The number of aliphatic carboxylic acids is 1. The molecule has 2 aliphatic carbocycles. The molecule has 6 heteroatoms. The van der Waals surface area contributed by atoms with Gasteiger partial charge < -0.3 is 15.7 Å². The molecule has 30 heavy (non-hydrogen) atoms. The van der Waals surface area contributed by atoms with Gasteiger partial charge in [-0.05, 0) is 67.7 Å². The minimum Gasteiger partial charge on any atom is -0.481 e. The molecule has 2 saturated carbocycles. The summed E-state index contributed by atoms with van der Waals surface area (Å²) in [4.78, 5) is 23.3. The zero-order valence-corrected chi connectivity index (χ0v) is 17.9. The summed E-state index contributed by atoms with van der Waals surface area (Å²) in [5.74, 6) is -0.00805. The minimum atomic E-state index is -0.789. The molecule has 0 aliphatic heterocycles. The first-order valence-corrected chi connectivity index (χ1v) is 11.3. The molecule has 0 spiro atoms. The predicted octanol–water partition coefficient (Wildman–Crippen LogP) is 5.06. The number of halogens is 1. The largest absolute Gasteiger partial charge is 0.481 e. The Kier molecular flexibility index (Phi) is 9.63. The molecule has 0 unspecified atom stereocenters. The number of hydrogen-bond acceptors (Lipinski definition) is 3. The molecule has 0 heterocycles. The summed E-state index contributed by atoms with van der Waals surface area (Å²) < 4.78 is 0. The predicted molar refractivity (Wildman–Crippen MR) is 122 cm³/mol. The van der Waals surface area contributed by atoms with Crippen LogP contribution in [0.25, 0.3) is 0 Å². The Morgan fingerprint density at radius 3 is 2.60 bits per heavy atom. The van der Waals surface area contributed by atoms with E-state index in [4.69, 9.17) is 16.7 Å². The maximum atomic E-state index is 12.8. The summed E-state index contributed by atoms with van der Waals surface area (Å²) in [7, 11) is 0. The Balaban J connectivity index is 0.00000320. The van der Waals surface area contributed by atoms with E-state index in [1.807, 2.05) is 12.1 Å². The van der Waals surface area contributed by atoms with Crippen molar-refractivity contribution >= 4 is 23.5 Å². The second kappa shape index (κ2) is 11.7. The van der Waals surface area contributed by atoms with Crippen molar-refractivity contribution in [3.63, 3.8) is 0 Å². The van der Waals surface area contributed by atoms with Gasteiger partial charge in [0.2, 0.25) is 0 Å². The fourth-order valence-electron chi connectivity index (χ4n) is 5.07. The third-order valence-corrected chi connectivity index (χ3v) is 6.92. The molecule has 3 N–H and O–H groups in total. The highest BCUT2D eigenvalue weighted by molar-refractivity contribution is 6.33. The molecule has 1 amide bonds. The highest BCUT2D eigenvalue weighted by atomic mass is 35.5. The van der Waals surface area contributed by atoms with E-state index in [9.17, 15) is 9.59 Å². The van der Waals surface area contributed by atoms with Crippen LogP contribution in [-0.2, 0) is 11.2 Å². The summed E-state index contributed by atoms with van der Waals surface area (Å²) >= 11 is 6.32. The minimum absolute atomic E-state index is 0. The normalized spacial score (nSPS) is 22.8. The van der Waals surface area contributed by atoms with Gasteiger partial charge in [-0.1, -0.05) is 50.8 Å². The Morgan fingerprint density at radius 1 is 1.17 bits per heavy atom.